The monoisotopic (exact) mass is 362 g/mol. The van der Waals surface area contributed by atoms with Crippen molar-refractivity contribution in [2.75, 3.05) is 19.7 Å². The quantitative estimate of drug-likeness (QED) is 0.691. The Morgan fingerprint density at radius 3 is 2.44 bits per heavy atom. The summed E-state index contributed by atoms with van der Waals surface area (Å²) in [4.78, 5) is 14.0. The van der Waals surface area contributed by atoms with Gasteiger partial charge < -0.3 is 10.5 Å². The minimum Gasteiger partial charge on any atom is -0.494 e. The maximum Gasteiger partial charge on any atom is 0.159 e. The van der Waals surface area contributed by atoms with E-state index < -0.39 is 0 Å². The molecule has 2 aromatic carbocycles. The summed E-state index contributed by atoms with van der Waals surface area (Å²) < 4.78 is 5.73. The van der Waals surface area contributed by atoms with Gasteiger partial charge in [-0.25, -0.2) is 0 Å². The second-order valence-electron chi connectivity index (χ2n) is 5.80. The molecule has 0 saturated heterocycles. The lowest BCUT2D eigenvalue weighted by atomic mass is 10.1. The first kappa shape index (κ1) is 21.2. The van der Waals surface area contributed by atoms with Crippen molar-refractivity contribution < 1.29 is 9.53 Å². The number of nitrogens with two attached hydrogens (primary N) is 1. The molecule has 25 heavy (non-hydrogen) atoms. The van der Waals surface area contributed by atoms with Crippen LogP contribution in [0, 0.1) is 0 Å². The Hall–Kier alpha value is -1.88. The van der Waals surface area contributed by atoms with Crippen LogP contribution in [0.2, 0.25) is 0 Å². The lowest BCUT2D eigenvalue weighted by molar-refractivity contribution is 0.101. The number of carbonyl (C=O) groups excluding carboxylic acids is 1. The fourth-order valence-electron chi connectivity index (χ4n) is 2.70. The van der Waals surface area contributed by atoms with Gasteiger partial charge in [-0.1, -0.05) is 30.3 Å². The van der Waals surface area contributed by atoms with E-state index in [2.05, 4.69) is 17.0 Å². The van der Waals surface area contributed by atoms with Gasteiger partial charge in [-0.05, 0) is 37.6 Å². The summed E-state index contributed by atoms with van der Waals surface area (Å²) in [5.41, 5.74) is 8.76. The SMILES string of the molecule is CCOc1ccc(C(C)=O)cc1CN(CCN)Cc1ccccc1.Cl. The zero-order chi connectivity index (χ0) is 17.4. The van der Waals surface area contributed by atoms with Crippen molar-refractivity contribution in [3.63, 3.8) is 0 Å². The van der Waals surface area contributed by atoms with Crippen molar-refractivity contribution in [1.82, 2.24) is 4.90 Å². The summed E-state index contributed by atoms with van der Waals surface area (Å²) in [6.45, 7) is 7.03. The smallest absolute Gasteiger partial charge is 0.159 e. The molecule has 0 aliphatic heterocycles. The van der Waals surface area contributed by atoms with Crippen molar-refractivity contribution in [2.45, 2.75) is 26.9 Å². The van der Waals surface area contributed by atoms with E-state index in [0.29, 0.717) is 25.3 Å². The number of ketones is 1. The Bertz CT molecular complexity index is 662. The molecule has 0 atom stereocenters. The van der Waals surface area contributed by atoms with Gasteiger partial charge in [0, 0.05) is 37.3 Å². The zero-order valence-electron chi connectivity index (χ0n) is 14.9. The molecule has 0 amide bonds. The molecular weight excluding hydrogens is 336 g/mol. The average Bonchev–Trinajstić information content (AvgIpc) is 2.57. The predicted molar refractivity (Wildman–Crippen MR) is 104 cm³/mol. The first-order valence-corrected chi connectivity index (χ1v) is 8.37. The second-order valence-corrected chi connectivity index (χ2v) is 5.80. The second kappa shape index (κ2) is 10.9. The maximum atomic E-state index is 11.7. The van der Waals surface area contributed by atoms with Crippen molar-refractivity contribution in [1.29, 1.82) is 0 Å². The molecule has 5 heteroatoms. The van der Waals surface area contributed by atoms with Gasteiger partial charge in [-0.15, -0.1) is 12.4 Å². The highest BCUT2D eigenvalue weighted by molar-refractivity contribution is 5.94. The normalized spacial score (nSPS) is 10.4. The molecule has 0 saturated carbocycles. The molecule has 0 radical (unpaired) electrons. The van der Waals surface area contributed by atoms with Gasteiger partial charge in [0.05, 0.1) is 6.61 Å². The molecule has 0 aliphatic carbocycles. The van der Waals surface area contributed by atoms with Crippen LogP contribution < -0.4 is 10.5 Å². The van der Waals surface area contributed by atoms with Gasteiger partial charge in [-0.2, -0.15) is 0 Å². The summed E-state index contributed by atoms with van der Waals surface area (Å²) in [5.74, 6) is 0.894. The molecule has 0 aliphatic rings. The van der Waals surface area contributed by atoms with Gasteiger partial charge in [0.1, 0.15) is 5.75 Å². The molecule has 4 nitrogen and oxygen atoms in total. The van der Waals surface area contributed by atoms with Crippen LogP contribution in [0.5, 0.6) is 5.75 Å². The number of nitrogens with zero attached hydrogens (tertiary/aromatic N) is 1. The van der Waals surface area contributed by atoms with Crippen LogP contribution >= 0.6 is 12.4 Å². The van der Waals surface area contributed by atoms with E-state index in [-0.39, 0.29) is 18.2 Å². The van der Waals surface area contributed by atoms with E-state index in [0.717, 1.165) is 24.4 Å². The Kier molecular flexibility index (Phi) is 9.21. The van der Waals surface area contributed by atoms with Gasteiger partial charge in [-0.3, -0.25) is 9.69 Å². The first-order chi connectivity index (χ1) is 11.6. The van der Waals surface area contributed by atoms with Gasteiger partial charge in [0.2, 0.25) is 0 Å². The Morgan fingerprint density at radius 1 is 1.12 bits per heavy atom. The third-order valence-corrected chi connectivity index (χ3v) is 3.86. The lowest BCUT2D eigenvalue weighted by Crippen LogP contribution is -2.29. The predicted octanol–water partition coefficient (Wildman–Crippen LogP) is 3.67. The summed E-state index contributed by atoms with van der Waals surface area (Å²) in [6, 6.07) is 16.0. The summed E-state index contributed by atoms with van der Waals surface area (Å²) in [5, 5.41) is 0. The highest BCUT2D eigenvalue weighted by Crippen LogP contribution is 2.23. The van der Waals surface area contributed by atoms with E-state index in [4.69, 9.17) is 10.5 Å². The van der Waals surface area contributed by atoms with E-state index in [1.54, 1.807) is 6.92 Å². The Morgan fingerprint density at radius 2 is 1.84 bits per heavy atom. The molecule has 2 N–H and O–H groups in total. The Labute approximate surface area is 156 Å². The molecule has 136 valence electrons. The number of carbonyl (C=O) groups is 1. The number of hydrogen-bond acceptors (Lipinski definition) is 4. The van der Waals surface area contributed by atoms with Crippen LogP contribution in [-0.2, 0) is 13.1 Å². The van der Waals surface area contributed by atoms with Crippen LogP contribution in [0.1, 0.15) is 35.3 Å². The molecule has 0 heterocycles. The minimum absolute atomic E-state index is 0. The van der Waals surface area contributed by atoms with Crippen molar-refractivity contribution in [2.24, 2.45) is 5.73 Å². The van der Waals surface area contributed by atoms with Crippen LogP contribution in [0.15, 0.2) is 48.5 Å². The number of Topliss-reactive ketones (excluding diaryl/α,β-unsaturated/α-hetero) is 1. The topological polar surface area (TPSA) is 55.6 Å². The molecule has 2 aromatic rings. The fraction of sp³-hybridized carbons (Fsp3) is 0.350. The molecule has 2 rings (SSSR count). The Balaban J connectivity index is 0.00000312. The summed E-state index contributed by atoms with van der Waals surface area (Å²) in [6.07, 6.45) is 0. The minimum atomic E-state index is 0. The fourth-order valence-corrected chi connectivity index (χ4v) is 2.70. The number of halogens is 1. The number of rotatable bonds is 9. The van der Waals surface area contributed by atoms with E-state index in [1.165, 1.54) is 5.56 Å². The lowest BCUT2D eigenvalue weighted by Gasteiger charge is -2.23. The van der Waals surface area contributed by atoms with Crippen LogP contribution in [0.4, 0.5) is 0 Å². The van der Waals surface area contributed by atoms with Crippen LogP contribution in [0.25, 0.3) is 0 Å². The van der Waals surface area contributed by atoms with Crippen molar-refractivity contribution >= 4 is 18.2 Å². The highest BCUT2D eigenvalue weighted by atomic mass is 35.5. The third kappa shape index (κ3) is 6.50. The van der Waals surface area contributed by atoms with Crippen LogP contribution in [0.3, 0.4) is 0 Å². The van der Waals surface area contributed by atoms with E-state index >= 15 is 0 Å². The number of benzene rings is 2. The number of ether oxygens (including phenoxy) is 1. The molecule has 0 aromatic heterocycles. The van der Waals surface area contributed by atoms with Crippen LogP contribution in [-0.4, -0.2) is 30.4 Å². The van der Waals surface area contributed by atoms with E-state index in [1.807, 2.05) is 43.3 Å². The average molecular weight is 363 g/mol. The third-order valence-electron chi connectivity index (χ3n) is 3.86. The standard InChI is InChI=1S/C20H26N2O2.ClH/c1-3-24-20-10-9-18(16(2)23)13-19(20)15-22(12-11-21)14-17-7-5-4-6-8-17;/h4-10,13H,3,11-12,14-15,21H2,1-2H3;1H. The molecule has 0 bridgehead atoms. The van der Waals surface area contributed by atoms with Gasteiger partial charge in [0.25, 0.3) is 0 Å². The van der Waals surface area contributed by atoms with Crippen molar-refractivity contribution in [3.05, 3.63) is 65.2 Å². The van der Waals surface area contributed by atoms with Gasteiger partial charge >= 0.3 is 0 Å². The van der Waals surface area contributed by atoms with E-state index in [9.17, 15) is 4.79 Å². The maximum absolute atomic E-state index is 11.7. The first-order valence-electron chi connectivity index (χ1n) is 8.37. The summed E-state index contributed by atoms with van der Waals surface area (Å²) >= 11 is 0. The number of hydrogen-bond donors (Lipinski definition) is 1. The molecule has 0 unspecified atom stereocenters. The van der Waals surface area contributed by atoms with Gasteiger partial charge in [0.15, 0.2) is 5.78 Å². The summed E-state index contributed by atoms with van der Waals surface area (Å²) in [7, 11) is 0. The molecule has 0 fully saturated rings. The highest BCUT2D eigenvalue weighted by Gasteiger charge is 2.12. The molecule has 0 spiro atoms. The molecular formula is C20H27ClN2O2. The zero-order valence-corrected chi connectivity index (χ0v) is 15.7. The van der Waals surface area contributed by atoms with Crippen molar-refractivity contribution in [3.8, 4) is 5.75 Å². The largest absolute Gasteiger partial charge is 0.494 e.